The van der Waals surface area contributed by atoms with Crippen LogP contribution in [-0.4, -0.2) is 30.5 Å². The third-order valence-electron chi connectivity index (χ3n) is 3.38. The molecule has 0 spiro atoms. The number of aryl methyl sites for hydroxylation is 1. The highest BCUT2D eigenvalue weighted by molar-refractivity contribution is 5.98. The molecule has 1 saturated heterocycles. The Morgan fingerprint density at radius 1 is 1.58 bits per heavy atom. The first kappa shape index (κ1) is 13.5. The lowest BCUT2D eigenvalue weighted by Gasteiger charge is -2.10. The van der Waals surface area contributed by atoms with E-state index >= 15 is 0 Å². The van der Waals surface area contributed by atoms with Gasteiger partial charge in [0.1, 0.15) is 5.56 Å². The maximum absolute atomic E-state index is 12.0. The number of nitrogens with zero attached hydrogens (tertiary/aromatic N) is 1. The number of amides is 1. The number of hydrogen-bond acceptors (Lipinski definition) is 4. The van der Waals surface area contributed by atoms with E-state index in [9.17, 15) is 14.9 Å². The van der Waals surface area contributed by atoms with Gasteiger partial charge < -0.3 is 10.6 Å². The minimum atomic E-state index is -0.499. The summed E-state index contributed by atoms with van der Waals surface area (Å²) in [6.45, 7) is 4.04. The summed E-state index contributed by atoms with van der Waals surface area (Å²) in [5.41, 5.74) is 0.528. The average Bonchev–Trinajstić information content (AvgIpc) is 2.88. The second-order valence-electron chi connectivity index (χ2n) is 4.80. The minimum Gasteiger partial charge on any atom is -0.351 e. The predicted octanol–water partition coefficient (Wildman–Crippen LogP) is 1.24. The van der Waals surface area contributed by atoms with E-state index in [0.717, 1.165) is 19.5 Å². The van der Waals surface area contributed by atoms with Gasteiger partial charge in [-0.05, 0) is 38.4 Å². The number of carbonyl (C=O) groups is 1. The van der Waals surface area contributed by atoms with E-state index in [1.165, 1.54) is 6.07 Å². The summed E-state index contributed by atoms with van der Waals surface area (Å²) in [5, 5.41) is 17.0. The van der Waals surface area contributed by atoms with Crippen molar-refractivity contribution in [2.45, 2.75) is 13.3 Å². The number of rotatable bonds is 4. The number of nitro benzene ring substituents is 1. The van der Waals surface area contributed by atoms with Crippen LogP contribution in [0.25, 0.3) is 0 Å². The first-order valence-corrected chi connectivity index (χ1v) is 6.32. The summed E-state index contributed by atoms with van der Waals surface area (Å²) >= 11 is 0. The molecule has 1 aromatic carbocycles. The van der Waals surface area contributed by atoms with Crippen molar-refractivity contribution in [2.75, 3.05) is 19.6 Å². The quantitative estimate of drug-likeness (QED) is 0.632. The molecule has 0 radical (unpaired) electrons. The van der Waals surface area contributed by atoms with Gasteiger partial charge in [0.25, 0.3) is 11.6 Å². The standard InChI is InChI=1S/C13H17N3O3/c1-9-3-2-4-11(12(9)16(18)19)13(17)15-8-10-5-6-14-7-10/h2-4,10,14H,5-8H2,1H3,(H,15,17). The molecule has 6 nitrogen and oxygen atoms in total. The van der Waals surface area contributed by atoms with E-state index in [0.29, 0.717) is 18.0 Å². The van der Waals surface area contributed by atoms with Crippen LogP contribution in [0.5, 0.6) is 0 Å². The molecular formula is C13H17N3O3. The molecule has 0 saturated carbocycles. The number of para-hydroxylation sites is 1. The van der Waals surface area contributed by atoms with Gasteiger partial charge in [-0.1, -0.05) is 12.1 Å². The van der Waals surface area contributed by atoms with Crippen molar-refractivity contribution in [1.82, 2.24) is 10.6 Å². The van der Waals surface area contributed by atoms with Crippen molar-refractivity contribution in [3.63, 3.8) is 0 Å². The predicted molar refractivity (Wildman–Crippen MR) is 71.1 cm³/mol. The highest BCUT2D eigenvalue weighted by Crippen LogP contribution is 2.22. The van der Waals surface area contributed by atoms with Gasteiger partial charge in [0.2, 0.25) is 0 Å². The summed E-state index contributed by atoms with van der Waals surface area (Å²) in [6.07, 6.45) is 1.02. The summed E-state index contributed by atoms with van der Waals surface area (Å²) in [7, 11) is 0. The van der Waals surface area contributed by atoms with Crippen molar-refractivity contribution in [3.05, 3.63) is 39.4 Å². The molecular weight excluding hydrogens is 246 g/mol. The number of hydrogen-bond donors (Lipinski definition) is 2. The van der Waals surface area contributed by atoms with Gasteiger partial charge in [0.15, 0.2) is 0 Å². The zero-order valence-electron chi connectivity index (χ0n) is 10.8. The Morgan fingerprint density at radius 3 is 3.00 bits per heavy atom. The van der Waals surface area contributed by atoms with Gasteiger partial charge in [0.05, 0.1) is 4.92 Å². The fourth-order valence-corrected chi connectivity index (χ4v) is 2.31. The van der Waals surface area contributed by atoms with Gasteiger partial charge in [-0.25, -0.2) is 0 Å². The molecule has 102 valence electrons. The highest BCUT2D eigenvalue weighted by atomic mass is 16.6. The fourth-order valence-electron chi connectivity index (χ4n) is 2.31. The fraction of sp³-hybridized carbons (Fsp3) is 0.462. The normalized spacial score (nSPS) is 18.3. The molecule has 0 bridgehead atoms. The van der Waals surface area contributed by atoms with Crippen molar-refractivity contribution < 1.29 is 9.72 Å². The molecule has 0 aliphatic carbocycles. The second-order valence-corrected chi connectivity index (χ2v) is 4.80. The van der Waals surface area contributed by atoms with E-state index in [4.69, 9.17) is 0 Å². The lowest BCUT2D eigenvalue weighted by atomic mass is 10.1. The molecule has 1 aliphatic rings. The Balaban J connectivity index is 2.10. The maximum Gasteiger partial charge on any atom is 0.285 e. The molecule has 2 N–H and O–H groups in total. The summed E-state index contributed by atoms with van der Waals surface area (Å²) in [4.78, 5) is 22.6. The molecule has 1 aromatic rings. The Hall–Kier alpha value is -1.95. The van der Waals surface area contributed by atoms with Crippen LogP contribution in [0.15, 0.2) is 18.2 Å². The summed E-state index contributed by atoms with van der Waals surface area (Å²) in [5.74, 6) is 0.0371. The van der Waals surface area contributed by atoms with E-state index in [1.54, 1.807) is 19.1 Å². The van der Waals surface area contributed by atoms with E-state index in [1.807, 2.05) is 0 Å². The second kappa shape index (κ2) is 5.79. The first-order chi connectivity index (χ1) is 9.09. The molecule has 0 aromatic heterocycles. The molecule has 19 heavy (non-hydrogen) atoms. The lowest BCUT2D eigenvalue weighted by molar-refractivity contribution is -0.385. The Morgan fingerprint density at radius 2 is 2.37 bits per heavy atom. The minimum absolute atomic E-state index is 0.107. The van der Waals surface area contributed by atoms with Crippen molar-refractivity contribution >= 4 is 11.6 Å². The molecule has 1 fully saturated rings. The number of carbonyl (C=O) groups excluding carboxylic acids is 1. The van der Waals surface area contributed by atoms with Gasteiger partial charge in [0, 0.05) is 12.1 Å². The van der Waals surface area contributed by atoms with Crippen molar-refractivity contribution in [3.8, 4) is 0 Å². The van der Waals surface area contributed by atoms with E-state index in [-0.39, 0.29) is 17.2 Å². The third-order valence-corrected chi connectivity index (χ3v) is 3.38. The van der Waals surface area contributed by atoms with E-state index < -0.39 is 4.92 Å². The largest absolute Gasteiger partial charge is 0.351 e. The molecule has 1 aliphatic heterocycles. The van der Waals surface area contributed by atoms with Crippen LogP contribution in [-0.2, 0) is 0 Å². The zero-order chi connectivity index (χ0) is 13.8. The lowest BCUT2D eigenvalue weighted by Crippen LogP contribution is -2.30. The van der Waals surface area contributed by atoms with Gasteiger partial charge in [-0.3, -0.25) is 14.9 Å². The first-order valence-electron chi connectivity index (χ1n) is 6.32. The monoisotopic (exact) mass is 263 g/mol. The molecule has 1 atom stereocenters. The van der Waals surface area contributed by atoms with E-state index in [2.05, 4.69) is 10.6 Å². The highest BCUT2D eigenvalue weighted by Gasteiger charge is 2.23. The molecule has 6 heteroatoms. The smallest absolute Gasteiger partial charge is 0.285 e. The Bertz CT molecular complexity index is 496. The van der Waals surface area contributed by atoms with Gasteiger partial charge >= 0.3 is 0 Å². The number of nitrogens with one attached hydrogen (secondary N) is 2. The molecule has 1 unspecified atom stereocenters. The van der Waals surface area contributed by atoms with Crippen LogP contribution in [0.2, 0.25) is 0 Å². The Kier molecular flexibility index (Phi) is 4.11. The van der Waals surface area contributed by atoms with Crippen molar-refractivity contribution in [2.24, 2.45) is 5.92 Å². The summed E-state index contributed by atoms with van der Waals surface area (Å²) in [6, 6.07) is 4.79. The Labute approximate surface area is 111 Å². The topological polar surface area (TPSA) is 84.3 Å². The molecule has 1 amide bonds. The molecule has 2 rings (SSSR count). The van der Waals surface area contributed by atoms with Gasteiger partial charge in [-0.15, -0.1) is 0 Å². The van der Waals surface area contributed by atoms with Crippen molar-refractivity contribution in [1.29, 1.82) is 0 Å². The van der Waals surface area contributed by atoms with Crippen LogP contribution >= 0.6 is 0 Å². The maximum atomic E-state index is 12.0. The average molecular weight is 263 g/mol. The van der Waals surface area contributed by atoms with Gasteiger partial charge in [-0.2, -0.15) is 0 Å². The van der Waals surface area contributed by atoms with Crippen LogP contribution < -0.4 is 10.6 Å². The number of nitro groups is 1. The SMILES string of the molecule is Cc1cccc(C(=O)NCC2CCNC2)c1[N+](=O)[O-]. The van der Waals surface area contributed by atoms with Crippen LogP contribution in [0.3, 0.4) is 0 Å². The molecule has 1 heterocycles. The van der Waals surface area contributed by atoms with Crippen LogP contribution in [0.4, 0.5) is 5.69 Å². The van der Waals surface area contributed by atoms with Crippen LogP contribution in [0, 0.1) is 23.0 Å². The number of benzene rings is 1. The summed E-state index contributed by atoms with van der Waals surface area (Å²) < 4.78 is 0. The zero-order valence-corrected chi connectivity index (χ0v) is 10.8. The van der Waals surface area contributed by atoms with Crippen LogP contribution in [0.1, 0.15) is 22.3 Å². The third kappa shape index (κ3) is 3.08.